The van der Waals surface area contributed by atoms with Gasteiger partial charge in [-0.25, -0.2) is 4.79 Å². The molecule has 12 heteroatoms. The molecule has 194 valence electrons. The second-order valence-electron chi connectivity index (χ2n) is 8.60. The molecule has 10 N–H and O–H groups in total. The molecule has 3 amide bonds. The second-order valence-corrected chi connectivity index (χ2v) is 8.60. The fourth-order valence-electron chi connectivity index (χ4n) is 3.16. The Balaban J connectivity index is 2.68. The number of carbonyl (C=O) groups is 4. The highest BCUT2D eigenvalue weighted by Crippen LogP contribution is 2.06. The number of nitrogens with one attached hydrogen (secondary N) is 3. The smallest absolute Gasteiger partial charge is 0.326 e. The van der Waals surface area contributed by atoms with Crippen LogP contribution in [0.5, 0.6) is 0 Å². The number of amides is 3. The van der Waals surface area contributed by atoms with Gasteiger partial charge < -0.3 is 38.3 Å². The van der Waals surface area contributed by atoms with Gasteiger partial charge in [-0.1, -0.05) is 44.2 Å². The molecule has 0 aromatic heterocycles. The molecule has 1 rings (SSSR count). The fraction of sp³-hybridized carbons (Fsp3) is 0.522. The topological polar surface area (TPSA) is 215 Å². The number of rotatable bonds is 14. The number of carbonyl (C=O) groups excluding carboxylic acids is 3. The molecule has 0 aliphatic carbocycles. The predicted molar refractivity (Wildman–Crippen MR) is 132 cm³/mol. The molecule has 0 saturated carbocycles. The molecule has 1 aromatic rings. The van der Waals surface area contributed by atoms with Crippen LogP contribution in [0, 0.1) is 5.92 Å². The van der Waals surface area contributed by atoms with Gasteiger partial charge in [-0.2, -0.15) is 0 Å². The Morgan fingerprint density at radius 1 is 0.943 bits per heavy atom. The van der Waals surface area contributed by atoms with E-state index in [0.29, 0.717) is 19.4 Å². The lowest BCUT2D eigenvalue weighted by molar-refractivity contribution is -0.142. The van der Waals surface area contributed by atoms with Gasteiger partial charge in [0.05, 0.1) is 6.04 Å². The number of nitrogens with zero attached hydrogens (tertiary/aromatic N) is 1. The van der Waals surface area contributed by atoms with Crippen LogP contribution in [0.4, 0.5) is 0 Å². The van der Waals surface area contributed by atoms with E-state index in [0.717, 1.165) is 5.56 Å². The minimum Gasteiger partial charge on any atom is -0.480 e. The largest absolute Gasteiger partial charge is 0.480 e. The molecule has 0 aliphatic rings. The van der Waals surface area contributed by atoms with Crippen LogP contribution in [0.15, 0.2) is 35.3 Å². The van der Waals surface area contributed by atoms with E-state index in [4.69, 9.17) is 17.2 Å². The van der Waals surface area contributed by atoms with Crippen molar-refractivity contribution in [2.75, 3.05) is 6.54 Å². The van der Waals surface area contributed by atoms with E-state index in [9.17, 15) is 24.3 Å². The van der Waals surface area contributed by atoms with Crippen molar-refractivity contribution in [2.24, 2.45) is 28.1 Å². The first-order valence-corrected chi connectivity index (χ1v) is 11.4. The van der Waals surface area contributed by atoms with Gasteiger partial charge in [-0.3, -0.25) is 19.4 Å². The molecule has 0 bridgehead atoms. The monoisotopic (exact) mass is 491 g/mol. The van der Waals surface area contributed by atoms with Crippen molar-refractivity contribution in [3.05, 3.63) is 35.9 Å². The third kappa shape index (κ3) is 10.9. The van der Waals surface area contributed by atoms with E-state index in [1.807, 2.05) is 0 Å². The van der Waals surface area contributed by atoms with E-state index in [1.54, 1.807) is 44.2 Å². The molecule has 0 spiro atoms. The quantitative estimate of drug-likeness (QED) is 0.0953. The summed E-state index contributed by atoms with van der Waals surface area (Å²) in [4.78, 5) is 53.3. The lowest BCUT2D eigenvalue weighted by atomic mass is 10.0. The van der Waals surface area contributed by atoms with Crippen LogP contribution in [0.3, 0.4) is 0 Å². The minimum atomic E-state index is -1.19. The van der Waals surface area contributed by atoms with Gasteiger partial charge in [0.25, 0.3) is 0 Å². The van der Waals surface area contributed by atoms with E-state index in [1.165, 1.54) is 6.92 Å². The molecular weight excluding hydrogens is 454 g/mol. The molecule has 35 heavy (non-hydrogen) atoms. The summed E-state index contributed by atoms with van der Waals surface area (Å²) in [6, 6.07) is 4.86. The summed E-state index contributed by atoms with van der Waals surface area (Å²) in [7, 11) is 0. The summed E-state index contributed by atoms with van der Waals surface area (Å²) in [5.74, 6) is -3.30. The average molecular weight is 492 g/mol. The molecule has 0 aliphatic heterocycles. The van der Waals surface area contributed by atoms with E-state index < -0.39 is 47.9 Å². The first kappa shape index (κ1) is 29.4. The third-order valence-electron chi connectivity index (χ3n) is 5.20. The standard InChI is InChI=1S/C23H37N7O5/c1-13(2)18(30-20(32)16(24)10-7-11-27-23(25)26)21(33)28-14(3)19(31)29-17(22(34)35)12-15-8-5-4-6-9-15/h4-6,8-9,13-14,16-18H,7,10-12,24H2,1-3H3,(H,28,33)(H,29,31)(H,30,32)(H,34,35)(H4,25,26,27). The summed E-state index contributed by atoms with van der Waals surface area (Å²) in [5.41, 5.74) is 17.2. The first-order valence-electron chi connectivity index (χ1n) is 11.4. The highest BCUT2D eigenvalue weighted by molar-refractivity contribution is 5.94. The molecule has 1 aromatic carbocycles. The average Bonchev–Trinajstić information content (AvgIpc) is 2.79. The van der Waals surface area contributed by atoms with Crippen molar-refractivity contribution >= 4 is 29.7 Å². The lowest BCUT2D eigenvalue weighted by Gasteiger charge is -2.25. The van der Waals surface area contributed by atoms with Gasteiger partial charge in [0.15, 0.2) is 5.96 Å². The Morgan fingerprint density at radius 3 is 2.11 bits per heavy atom. The fourth-order valence-corrected chi connectivity index (χ4v) is 3.16. The maximum absolute atomic E-state index is 12.8. The Kier molecular flexibility index (Phi) is 12.2. The van der Waals surface area contributed by atoms with Gasteiger partial charge in [0.2, 0.25) is 17.7 Å². The van der Waals surface area contributed by atoms with Crippen LogP contribution in [0.2, 0.25) is 0 Å². The van der Waals surface area contributed by atoms with Crippen LogP contribution in [0.25, 0.3) is 0 Å². The zero-order chi connectivity index (χ0) is 26.5. The Bertz CT molecular complexity index is 888. The van der Waals surface area contributed by atoms with E-state index >= 15 is 0 Å². The maximum Gasteiger partial charge on any atom is 0.326 e. The highest BCUT2D eigenvalue weighted by Gasteiger charge is 2.30. The number of hydrogen-bond acceptors (Lipinski definition) is 6. The van der Waals surface area contributed by atoms with Crippen molar-refractivity contribution in [1.29, 1.82) is 0 Å². The summed E-state index contributed by atoms with van der Waals surface area (Å²) in [5, 5.41) is 17.1. The van der Waals surface area contributed by atoms with Crippen LogP contribution in [0.1, 0.15) is 39.2 Å². The summed E-state index contributed by atoms with van der Waals surface area (Å²) in [6.07, 6.45) is 0.885. The van der Waals surface area contributed by atoms with Crippen LogP contribution < -0.4 is 33.2 Å². The summed E-state index contributed by atoms with van der Waals surface area (Å²) < 4.78 is 0. The third-order valence-corrected chi connectivity index (χ3v) is 5.20. The van der Waals surface area contributed by atoms with Crippen molar-refractivity contribution in [3.63, 3.8) is 0 Å². The summed E-state index contributed by atoms with van der Waals surface area (Å²) >= 11 is 0. The molecule has 0 fully saturated rings. The van der Waals surface area contributed by atoms with Crippen molar-refractivity contribution in [2.45, 2.75) is 64.2 Å². The van der Waals surface area contributed by atoms with Crippen molar-refractivity contribution in [1.82, 2.24) is 16.0 Å². The Morgan fingerprint density at radius 2 is 1.57 bits per heavy atom. The van der Waals surface area contributed by atoms with Gasteiger partial charge >= 0.3 is 5.97 Å². The minimum absolute atomic E-state index is 0.0486. The number of carboxylic acids is 1. The summed E-state index contributed by atoms with van der Waals surface area (Å²) in [6.45, 7) is 5.23. The van der Waals surface area contributed by atoms with Crippen LogP contribution in [-0.2, 0) is 25.6 Å². The molecule has 0 saturated heterocycles. The lowest BCUT2D eigenvalue weighted by Crippen LogP contribution is -2.57. The van der Waals surface area contributed by atoms with Crippen LogP contribution >= 0.6 is 0 Å². The van der Waals surface area contributed by atoms with Gasteiger partial charge in [0.1, 0.15) is 18.1 Å². The molecule has 12 nitrogen and oxygen atoms in total. The Labute approximate surface area is 205 Å². The molecule has 4 unspecified atom stereocenters. The van der Waals surface area contributed by atoms with E-state index in [2.05, 4.69) is 20.9 Å². The van der Waals surface area contributed by atoms with Crippen molar-refractivity contribution < 1.29 is 24.3 Å². The Hall–Kier alpha value is -3.67. The predicted octanol–water partition coefficient (Wildman–Crippen LogP) is -1.18. The maximum atomic E-state index is 12.8. The van der Waals surface area contributed by atoms with Crippen molar-refractivity contribution in [3.8, 4) is 0 Å². The zero-order valence-electron chi connectivity index (χ0n) is 20.4. The van der Waals surface area contributed by atoms with Gasteiger partial charge in [-0.15, -0.1) is 0 Å². The number of benzene rings is 1. The number of guanidine groups is 1. The SMILES string of the molecule is CC(NC(=O)C(NC(=O)C(N)CCCN=C(N)N)C(C)C)C(=O)NC(Cc1ccccc1)C(=O)O. The highest BCUT2D eigenvalue weighted by atomic mass is 16.4. The second kappa shape index (κ2) is 14.6. The van der Waals surface area contributed by atoms with Gasteiger partial charge in [-0.05, 0) is 31.2 Å². The molecular formula is C23H37N7O5. The van der Waals surface area contributed by atoms with Gasteiger partial charge in [0, 0.05) is 13.0 Å². The number of nitrogens with two attached hydrogens (primary N) is 3. The molecule has 0 heterocycles. The number of carboxylic acid groups (broad SMARTS) is 1. The molecule has 4 atom stereocenters. The zero-order valence-corrected chi connectivity index (χ0v) is 20.4. The number of hydrogen-bond donors (Lipinski definition) is 7. The normalized spacial score (nSPS) is 14.2. The van der Waals surface area contributed by atoms with E-state index in [-0.39, 0.29) is 18.3 Å². The number of aliphatic imine (C=N–C) groups is 1. The van der Waals surface area contributed by atoms with Crippen LogP contribution in [-0.4, -0.2) is 65.5 Å². The molecule has 0 radical (unpaired) electrons. The first-order chi connectivity index (χ1) is 16.4. The number of aliphatic carboxylic acids is 1.